The van der Waals surface area contributed by atoms with Gasteiger partial charge in [-0.15, -0.1) is 0 Å². The number of carbonyl (C=O) groups excluding carboxylic acids is 2. The van der Waals surface area contributed by atoms with Crippen molar-refractivity contribution < 1.29 is 23.5 Å². The summed E-state index contributed by atoms with van der Waals surface area (Å²) in [7, 11) is 1.28. The van der Waals surface area contributed by atoms with Crippen molar-refractivity contribution in [2.45, 2.75) is 19.1 Å². The Morgan fingerprint density at radius 1 is 0.929 bits per heavy atom. The molecule has 3 rings (SSSR count). The molecule has 0 bridgehead atoms. The van der Waals surface area contributed by atoms with Gasteiger partial charge in [-0.3, -0.25) is 0 Å². The van der Waals surface area contributed by atoms with Crippen LogP contribution in [0.3, 0.4) is 0 Å². The van der Waals surface area contributed by atoms with E-state index in [9.17, 15) is 9.59 Å². The Kier molecular flexibility index (Phi) is 6.46. The maximum Gasteiger partial charge on any atom is 0.408 e. The van der Waals surface area contributed by atoms with E-state index in [2.05, 4.69) is 10.1 Å². The van der Waals surface area contributed by atoms with Gasteiger partial charge in [0.15, 0.2) is 0 Å². The number of carbonyl (C=O) groups is 2. The first kappa shape index (κ1) is 19.2. The lowest BCUT2D eigenvalue weighted by atomic mass is 10.0. The molecule has 1 N–H and O–H groups in total. The van der Waals surface area contributed by atoms with Crippen molar-refractivity contribution in [1.82, 2.24) is 5.32 Å². The summed E-state index contributed by atoms with van der Waals surface area (Å²) in [5.74, 6) is -0.0488. The third-order valence-electron chi connectivity index (χ3n) is 4.14. The number of rotatable bonds is 7. The summed E-state index contributed by atoms with van der Waals surface area (Å²) in [4.78, 5) is 24.0. The molecule has 144 valence electrons. The van der Waals surface area contributed by atoms with E-state index in [4.69, 9.17) is 9.15 Å². The zero-order chi connectivity index (χ0) is 19.8. The van der Waals surface area contributed by atoms with Crippen LogP contribution in [0.1, 0.15) is 33.5 Å². The standard InChI is InChI=1S/C22H21NO5/c1-26-21(24)20-13-12-19(28-20)18(14-16-8-4-2-5-9-16)23-22(25)27-15-17-10-6-3-7-11-17/h2-13,18H,14-15H2,1H3,(H,23,25)/t18-/m1/s1. The fourth-order valence-electron chi connectivity index (χ4n) is 2.73. The average Bonchev–Trinajstić information content (AvgIpc) is 3.23. The molecule has 1 atom stereocenters. The summed E-state index contributed by atoms with van der Waals surface area (Å²) in [5, 5.41) is 2.82. The Bertz CT molecular complexity index is 905. The van der Waals surface area contributed by atoms with E-state index < -0.39 is 18.1 Å². The molecular formula is C22H21NO5. The summed E-state index contributed by atoms with van der Waals surface area (Å²) in [5.41, 5.74) is 1.90. The van der Waals surface area contributed by atoms with Gasteiger partial charge in [0.1, 0.15) is 12.4 Å². The molecule has 1 amide bonds. The molecule has 6 heteroatoms. The molecule has 0 aliphatic heterocycles. The Balaban J connectivity index is 1.71. The molecule has 0 spiro atoms. The normalized spacial score (nSPS) is 11.5. The summed E-state index contributed by atoms with van der Waals surface area (Å²) in [6, 6.07) is 21.8. The fourth-order valence-corrected chi connectivity index (χ4v) is 2.73. The van der Waals surface area contributed by atoms with Gasteiger partial charge in [0.2, 0.25) is 5.76 Å². The summed E-state index contributed by atoms with van der Waals surface area (Å²) < 4.78 is 15.6. The van der Waals surface area contributed by atoms with Crippen LogP contribution in [-0.2, 0) is 22.5 Å². The maximum atomic E-state index is 12.3. The van der Waals surface area contributed by atoms with Crippen LogP contribution < -0.4 is 5.32 Å². The molecule has 0 saturated carbocycles. The Labute approximate surface area is 163 Å². The SMILES string of the molecule is COC(=O)c1ccc([C@@H](Cc2ccccc2)NC(=O)OCc2ccccc2)o1. The monoisotopic (exact) mass is 379 g/mol. The van der Waals surface area contributed by atoms with E-state index in [1.807, 2.05) is 60.7 Å². The van der Waals surface area contributed by atoms with Crippen molar-refractivity contribution in [3.63, 3.8) is 0 Å². The predicted molar refractivity (Wildman–Crippen MR) is 103 cm³/mol. The third kappa shape index (κ3) is 5.23. The van der Waals surface area contributed by atoms with Crippen molar-refractivity contribution in [2.75, 3.05) is 7.11 Å². The molecule has 0 saturated heterocycles. The van der Waals surface area contributed by atoms with Gasteiger partial charge in [-0.25, -0.2) is 9.59 Å². The van der Waals surface area contributed by atoms with Gasteiger partial charge in [-0.1, -0.05) is 60.7 Å². The lowest BCUT2D eigenvalue weighted by Crippen LogP contribution is -2.30. The number of esters is 1. The van der Waals surface area contributed by atoms with Gasteiger partial charge in [0, 0.05) is 6.42 Å². The summed E-state index contributed by atoms with van der Waals surface area (Å²) in [6.45, 7) is 0.163. The largest absolute Gasteiger partial charge is 0.463 e. The molecule has 0 fully saturated rings. The summed E-state index contributed by atoms with van der Waals surface area (Å²) >= 11 is 0. The Hall–Kier alpha value is -3.54. The van der Waals surface area contributed by atoms with Crippen LogP contribution in [0.2, 0.25) is 0 Å². The molecule has 0 unspecified atom stereocenters. The van der Waals surface area contributed by atoms with Gasteiger partial charge in [-0.05, 0) is 23.3 Å². The number of furan rings is 1. The zero-order valence-corrected chi connectivity index (χ0v) is 15.5. The van der Waals surface area contributed by atoms with Crippen LogP contribution in [0.4, 0.5) is 4.79 Å². The highest BCUT2D eigenvalue weighted by Gasteiger charge is 2.22. The highest BCUT2D eigenvalue weighted by Crippen LogP contribution is 2.22. The van der Waals surface area contributed by atoms with Crippen molar-refractivity contribution in [3.8, 4) is 0 Å². The lowest BCUT2D eigenvalue weighted by molar-refractivity contribution is 0.0562. The van der Waals surface area contributed by atoms with Gasteiger partial charge >= 0.3 is 12.1 Å². The van der Waals surface area contributed by atoms with Crippen molar-refractivity contribution in [2.24, 2.45) is 0 Å². The van der Waals surface area contributed by atoms with Gasteiger partial charge in [0.25, 0.3) is 0 Å². The fraction of sp³-hybridized carbons (Fsp3) is 0.182. The second-order valence-corrected chi connectivity index (χ2v) is 6.14. The van der Waals surface area contributed by atoms with Crippen LogP contribution in [0.25, 0.3) is 0 Å². The molecule has 0 radical (unpaired) electrons. The molecule has 1 heterocycles. The minimum atomic E-state index is -0.573. The van der Waals surface area contributed by atoms with Gasteiger partial charge < -0.3 is 19.2 Å². The van der Waals surface area contributed by atoms with E-state index in [0.29, 0.717) is 12.2 Å². The zero-order valence-electron chi connectivity index (χ0n) is 15.5. The number of benzene rings is 2. The third-order valence-corrected chi connectivity index (χ3v) is 4.14. The van der Waals surface area contributed by atoms with Crippen LogP contribution in [-0.4, -0.2) is 19.2 Å². The van der Waals surface area contributed by atoms with Crippen molar-refractivity contribution >= 4 is 12.1 Å². The molecule has 0 aliphatic carbocycles. The Morgan fingerprint density at radius 3 is 2.21 bits per heavy atom. The predicted octanol–water partition coefficient (Wildman–Crippen LogP) is 4.28. The van der Waals surface area contributed by atoms with Crippen LogP contribution in [0, 0.1) is 0 Å². The first-order valence-corrected chi connectivity index (χ1v) is 8.85. The highest BCUT2D eigenvalue weighted by atomic mass is 16.5. The van der Waals surface area contributed by atoms with E-state index in [0.717, 1.165) is 11.1 Å². The number of ether oxygens (including phenoxy) is 2. The van der Waals surface area contributed by atoms with Gasteiger partial charge in [0.05, 0.1) is 13.2 Å². The number of methoxy groups -OCH3 is 1. The molecule has 2 aromatic carbocycles. The van der Waals surface area contributed by atoms with E-state index in [-0.39, 0.29) is 12.4 Å². The average molecular weight is 379 g/mol. The smallest absolute Gasteiger partial charge is 0.408 e. The molecule has 3 aromatic rings. The quantitative estimate of drug-likeness (QED) is 0.620. The van der Waals surface area contributed by atoms with E-state index in [1.165, 1.54) is 13.2 Å². The molecular weight excluding hydrogens is 358 g/mol. The lowest BCUT2D eigenvalue weighted by Gasteiger charge is -2.17. The Morgan fingerprint density at radius 2 is 1.57 bits per heavy atom. The van der Waals surface area contributed by atoms with Crippen LogP contribution >= 0.6 is 0 Å². The van der Waals surface area contributed by atoms with Crippen molar-refractivity contribution in [1.29, 1.82) is 0 Å². The van der Waals surface area contributed by atoms with E-state index >= 15 is 0 Å². The number of amides is 1. The van der Waals surface area contributed by atoms with Crippen LogP contribution in [0.15, 0.2) is 77.2 Å². The van der Waals surface area contributed by atoms with Crippen molar-refractivity contribution in [3.05, 3.63) is 95.4 Å². The second kappa shape index (κ2) is 9.41. The summed E-state index contributed by atoms with van der Waals surface area (Å²) in [6.07, 6.45) is -0.0872. The molecule has 6 nitrogen and oxygen atoms in total. The molecule has 28 heavy (non-hydrogen) atoms. The van der Waals surface area contributed by atoms with E-state index in [1.54, 1.807) is 6.07 Å². The number of alkyl carbamates (subject to hydrolysis) is 1. The first-order chi connectivity index (χ1) is 13.7. The first-order valence-electron chi connectivity index (χ1n) is 8.85. The minimum Gasteiger partial charge on any atom is -0.463 e. The molecule has 0 aliphatic rings. The number of nitrogens with one attached hydrogen (secondary N) is 1. The molecule has 1 aromatic heterocycles. The second-order valence-electron chi connectivity index (χ2n) is 6.14. The van der Waals surface area contributed by atoms with Crippen LogP contribution in [0.5, 0.6) is 0 Å². The maximum absolute atomic E-state index is 12.3. The highest BCUT2D eigenvalue weighted by molar-refractivity contribution is 5.86. The topological polar surface area (TPSA) is 77.8 Å². The minimum absolute atomic E-state index is 0.0787. The number of hydrogen-bond acceptors (Lipinski definition) is 5. The number of hydrogen-bond donors (Lipinski definition) is 1. The van der Waals surface area contributed by atoms with Gasteiger partial charge in [-0.2, -0.15) is 0 Å².